The van der Waals surface area contributed by atoms with E-state index in [-0.39, 0.29) is 12.1 Å². The quantitative estimate of drug-likeness (QED) is 0.793. The van der Waals surface area contributed by atoms with Crippen molar-refractivity contribution in [3.63, 3.8) is 0 Å². The number of hydrogen-bond acceptors (Lipinski definition) is 5. The fourth-order valence-electron chi connectivity index (χ4n) is 2.28. The number of nitrogens with one attached hydrogen (secondary N) is 1. The summed E-state index contributed by atoms with van der Waals surface area (Å²) in [7, 11) is 1.24. The van der Waals surface area contributed by atoms with Crippen LogP contribution in [-0.4, -0.2) is 28.8 Å². The van der Waals surface area contributed by atoms with E-state index in [0.29, 0.717) is 10.7 Å². The van der Waals surface area contributed by atoms with Crippen LogP contribution in [0.15, 0.2) is 12.1 Å². The van der Waals surface area contributed by atoms with Crippen LogP contribution in [0.25, 0.3) is 0 Å². The second-order valence-electron chi connectivity index (χ2n) is 5.83. The summed E-state index contributed by atoms with van der Waals surface area (Å²) in [5, 5.41) is 6.50. The number of nitrogens with zero attached hydrogens (tertiary/aromatic N) is 2. The molecule has 1 unspecified atom stereocenters. The van der Waals surface area contributed by atoms with E-state index >= 15 is 0 Å². The monoisotopic (exact) mass is 389 g/mol. The Hall–Kier alpha value is -2.36. The highest BCUT2D eigenvalue weighted by Crippen LogP contribution is 2.30. The van der Waals surface area contributed by atoms with Crippen molar-refractivity contribution in [1.82, 2.24) is 9.78 Å². The number of amides is 1. The molecule has 2 rings (SSSR count). The normalized spacial score (nSPS) is 12.7. The van der Waals surface area contributed by atoms with Gasteiger partial charge in [0.05, 0.1) is 25.1 Å². The van der Waals surface area contributed by atoms with Crippen LogP contribution in [0.1, 0.15) is 33.5 Å². The van der Waals surface area contributed by atoms with Gasteiger partial charge in [0.2, 0.25) is 5.91 Å². The number of alkyl halides is 3. The van der Waals surface area contributed by atoms with Crippen LogP contribution in [-0.2, 0) is 22.3 Å². The molecular weight excluding hydrogens is 371 g/mol. The number of aromatic nitrogens is 2. The Bertz CT molecular complexity index is 827. The summed E-state index contributed by atoms with van der Waals surface area (Å²) in [6.45, 7) is 4.82. The van der Waals surface area contributed by atoms with E-state index in [1.54, 1.807) is 19.9 Å². The summed E-state index contributed by atoms with van der Waals surface area (Å²) in [6, 6.07) is 2.53. The Morgan fingerprint density at radius 1 is 1.35 bits per heavy atom. The Balaban J connectivity index is 2.12. The highest BCUT2D eigenvalue weighted by atomic mass is 32.1. The van der Waals surface area contributed by atoms with Crippen LogP contribution in [0.5, 0.6) is 0 Å². The van der Waals surface area contributed by atoms with Gasteiger partial charge in [0.15, 0.2) is 5.69 Å². The summed E-state index contributed by atoms with van der Waals surface area (Å²) < 4.78 is 44.0. The van der Waals surface area contributed by atoms with Gasteiger partial charge in [-0.1, -0.05) is 6.92 Å². The Morgan fingerprint density at radius 2 is 2.00 bits per heavy atom. The van der Waals surface area contributed by atoms with Crippen LogP contribution in [0.4, 0.5) is 18.2 Å². The topological polar surface area (TPSA) is 73.2 Å². The first kappa shape index (κ1) is 20.0. The average molecular weight is 389 g/mol. The number of halogens is 3. The number of rotatable bonds is 5. The smallest absolute Gasteiger partial charge is 0.435 e. The zero-order valence-electron chi connectivity index (χ0n) is 14.6. The van der Waals surface area contributed by atoms with E-state index in [2.05, 4.69) is 15.2 Å². The maximum Gasteiger partial charge on any atom is 0.435 e. The van der Waals surface area contributed by atoms with E-state index in [9.17, 15) is 22.8 Å². The molecule has 1 N–H and O–H groups in total. The van der Waals surface area contributed by atoms with E-state index in [4.69, 9.17) is 0 Å². The number of carbonyl (C=O) groups excluding carboxylic acids is 2. The van der Waals surface area contributed by atoms with Gasteiger partial charge in [-0.05, 0) is 26.0 Å². The van der Waals surface area contributed by atoms with Crippen LogP contribution in [0.3, 0.4) is 0 Å². The SMILES string of the molecule is COC(=O)c1cc(C)sc1NC(=O)C(C)Cn1nc(C(F)(F)F)cc1C. The largest absolute Gasteiger partial charge is 0.465 e. The van der Waals surface area contributed by atoms with Gasteiger partial charge in [-0.3, -0.25) is 9.48 Å². The molecule has 0 fully saturated rings. The summed E-state index contributed by atoms with van der Waals surface area (Å²) in [6.07, 6.45) is -4.54. The summed E-state index contributed by atoms with van der Waals surface area (Å²) in [4.78, 5) is 24.9. The number of ether oxygens (including phenoxy) is 1. The van der Waals surface area contributed by atoms with Crippen LogP contribution in [0, 0.1) is 19.8 Å². The molecule has 0 saturated carbocycles. The van der Waals surface area contributed by atoms with Gasteiger partial charge in [-0.25, -0.2) is 4.79 Å². The number of esters is 1. The molecule has 0 aromatic carbocycles. The average Bonchev–Trinajstić information content (AvgIpc) is 3.09. The standard InChI is InChI=1S/C16H18F3N3O3S/c1-8(7-22-9(2)5-12(21-22)16(17,18)19)13(23)20-14-11(15(24)25-4)6-10(3)26-14/h5-6,8H,7H2,1-4H3,(H,20,23). The number of thiophene rings is 1. The van der Waals surface area contributed by atoms with Gasteiger partial charge < -0.3 is 10.1 Å². The van der Waals surface area contributed by atoms with Crippen molar-refractivity contribution >= 4 is 28.2 Å². The molecular formula is C16H18F3N3O3S. The Morgan fingerprint density at radius 3 is 2.54 bits per heavy atom. The van der Waals surface area contributed by atoms with Crippen molar-refractivity contribution in [2.45, 2.75) is 33.5 Å². The molecule has 0 bridgehead atoms. The molecule has 2 aromatic heterocycles. The minimum Gasteiger partial charge on any atom is -0.465 e. The lowest BCUT2D eigenvalue weighted by Crippen LogP contribution is -2.25. The molecule has 0 saturated heterocycles. The van der Waals surface area contributed by atoms with Crippen molar-refractivity contribution in [3.05, 3.63) is 34.0 Å². The fraction of sp³-hybridized carbons (Fsp3) is 0.438. The zero-order valence-corrected chi connectivity index (χ0v) is 15.4. The first-order valence-corrected chi connectivity index (χ1v) is 8.45. The molecule has 0 spiro atoms. The van der Waals surface area contributed by atoms with Crippen LogP contribution in [0.2, 0.25) is 0 Å². The predicted octanol–water partition coefficient (Wildman–Crippen LogP) is 3.64. The second-order valence-corrected chi connectivity index (χ2v) is 7.09. The first-order valence-electron chi connectivity index (χ1n) is 7.64. The van der Waals surface area contributed by atoms with E-state index in [1.165, 1.54) is 25.4 Å². The van der Waals surface area contributed by atoms with Gasteiger partial charge >= 0.3 is 12.1 Å². The van der Waals surface area contributed by atoms with E-state index < -0.39 is 29.7 Å². The number of aryl methyl sites for hydroxylation is 2. The molecule has 0 aliphatic rings. The maximum absolute atomic E-state index is 12.7. The van der Waals surface area contributed by atoms with Crippen molar-refractivity contribution in [2.24, 2.45) is 5.92 Å². The molecule has 142 valence electrons. The number of methoxy groups -OCH3 is 1. The predicted molar refractivity (Wildman–Crippen MR) is 90.2 cm³/mol. The number of carbonyl (C=O) groups is 2. The first-order chi connectivity index (χ1) is 12.0. The molecule has 1 atom stereocenters. The van der Waals surface area contributed by atoms with Crippen LogP contribution >= 0.6 is 11.3 Å². The third-order valence-electron chi connectivity index (χ3n) is 3.66. The summed E-state index contributed by atoms with van der Waals surface area (Å²) >= 11 is 1.22. The number of anilines is 1. The molecule has 2 aromatic rings. The van der Waals surface area contributed by atoms with Gasteiger partial charge in [-0.15, -0.1) is 11.3 Å². The lowest BCUT2D eigenvalue weighted by Gasteiger charge is -2.13. The lowest BCUT2D eigenvalue weighted by atomic mass is 10.1. The van der Waals surface area contributed by atoms with Crippen molar-refractivity contribution in [2.75, 3.05) is 12.4 Å². The third-order valence-corrected chi connectivity index (χ3v) is 4.63. The number of hydrogen-bond donors (Lipinski definition) is 1. The molecule has 0 aliphatic carbocycles. The minimum absolute atomic E-state index is 0.0222. The third kappa shape index (κ3) is 4.43. The minimum atomic E-state index is -4.54. The van der Waals surface area contributed by atoms with Gasteiger partial charge in [0.25, 0.3) is 0 Å². The van der Waals surface area contributed by atoms with E-state index in [0.717, 1.165) is 15.6 Å². The van der Waals surface area contributed by atoms with Crippen molar-refractivity contribution in [3.8, 4) is 0 Å². The molecule has 0 aliphatic heterocycles. The molecule has 26 heavy (non-hydrogen) atoms. The molecule has 6 nitrogen and oxygen atoms in total. The van der Waals surface area contributed by atoms with Crippen LogP contribution < -0.4 is 5.32 Å². The zero-order chi connectivity index (χ0) is 19.6. The van der Waals surface area contributed by atoms with Gasteiger partial charge in [0, 0.05) is 10.6 Å². The van der Waals surface area contributed by atoms with Crippen molar-refractivity contribution < 1.29 is 27.5 Å². The Labute approximate surface area is 152 Å². The highest BCUT2D eigenvalue weighted by molar-refractivity contribution is 7.16. The highest BCUT2D eigenvalue weighted by Gasteiger charge is 2.34. The summed E-state index contributed by atoms with van der Waals surface area (Å²) in [5.41, 5.74) is -0.450. The molecule has 1 amide bonds. The molecule has 2 heterocycles. The maximum atomic E-state index is 12.7. The lowest BCUT2D eigenvalue weighted by molar-refractivity contribution is -0.141. The summed E-state index contributed by atoms with van der Waals surface area (Å²) in [5.74, 6) is -1.67. The second kappa shape index (κ2) is 7.48. The van der Waals surface area contributed by atoms with E-state index in [1.807, 2.05) is 0 Å². The Kier molecular flexibility index (Phi) is 5.74. The molecule has 0 radical (unpaired) electrons. The molecule has 10 heteroatoms. The van der Waals surface area contributed by atoms with Crippen molar-refractivity contribution in [1.29, 1.82) is 0 Å². The fourth-order valence-corrected chi connectivity index (χ4v) is 3.18. The van der Waals surface area contributed by atoms with Gasteiger partial charge in [-0.2, -0.15) is 18.3 Å². The van der Waals surface area contributed by atoms with Gasteiger partial charge in [0.1, 0.15) is 5.00 Å².